The molecule has 0 spiro atoms. The maximum atomic E-state index is 13.9. The summed E-state index contributed by atoms with van der Waals surface area (Å²) in [5.41, 5.74) is 5.79. The van der Waals surface area contributed by atoms with Crippen molar-refractivity contribution in [3.8, 4) is 0 Å². The first kappa shape index (κ1) is 24.0. The first-order chi connectivity index (χ1) is 18.6. The van der Waals surface area contributed by atoms with Gasteiger partial charge in [0.05, 0.1) is 17.1 Å². The molecule has 6 rings (SSSR count). The second-order valence-corrected chi connectivity index (χ2v) is 10.7. The molecule has 2 aliphatic rings. The number of hydrazine groups is 1. The van der Waals surface area contributed by atoms with Crippen molar-refractivity contribution in [1.29, 1.82) is 0 Å². The number of carbonyl (C=O) groups excluding carboxylic acids is 1. The first-order valence-electron chi connectivity index (χ1n) is 12.0. The normalized spacial score (nSPS) is 18.7. The van der Waals surface area contributed by atoms with Gasteiger partial charge in [-0.05, 0) is 36.4 Å². The summed E-state index contributed by atoms with van der Waals surface area (Å²) in [6.45, 7) is 4.12. The highest BCUT2D eigenvalue weighted by Gasteiger charge is 2.35. The second-order valence-electron chi connectivity index (χ2n) is 8.63. The number of amides is 1. The molecule has 1 N–H and O–H groups in total. The molecular weight excluding hydrogens is 514 g/mol. The van der Waals surface area contributed by atoms with Gasteiger partial charge in [-0.3, -0.25) is 19.6 Å². The molecule has 0 saturated carbocycles. The van der Waals surface area contributed by atoms with Crippen LogP contribution in [0.5, 0.6) is 0 Å². The van der Waals surface area contributed by atoms with Gasteiger partial charge in [0, 0.05) is 18.5 Å². The number of benzene rings is 3. The summed E-state index contributed by atoms with van der Waals surface area (Å²) in [5, 5.41) is 2.31. The molecule has 38 heavy (non-hydrogen) atoms. The highest BCUT2D eigenvalue weighted by atomic mass is 32.2. The number of rotatable bonds is 4. The minimum Gasteiger partial charge on any atom is -0.337 e. The summed E-state index contributed by atoms with van der Waals surface area (Å²) in [5.74, 6) is 0.105. The number of allylic oxidation sites excluding steroid dienone is 1. The van der Waals surface area contributed by atoms with Crippen LogP contribution in [0.4, 0.5) is 17.1 Å². The third-order valence-corrected chi connectivity index (χ3v) is 8.78. The van der Waals surface area contributed by atoms with Crippen molar-refractivity contribution in [3.05, 3.63) is 117 Å². The van der Waals surface area contributed by atoms with Crippen LogP contribution in [0.2, 0.25) is 0 Å². The van der Waals surface area contributed by atoms with Crippen LogP contribution < -0.4 is 30.1 Å². The van der Waals surface area contributed by atoms with Crippen LogP contribution >= 0.6 is 23.1 Å². The minimum atomic E-state index is -0.280. The Morgan fingerprint density at radius 2 is 1.63 bits per heavy atom. The Hall–Kier alpha value is -4.34. The Labute approximate surface area is 227 Å². The highest BCUT2D eigenvalue weighted by molar-refractivity contribution is 8.08. The molecule has 7 nitrogen and oxygen atoms in total. The summed E-state index contributed by atoms with van der Waals surface area (Å²) in [4.78, 5) is 35.6. The Morgan fingerprint density at radius 3 is 2.34 bits per heavy atom. The summed E-state index contributed by atoms with van der Waals surface area (Å²) >= 11 is 2.87. The number of hydrogen-bond acceptors (Lipinski definition) is 6. The van der Waals surface area contributed by atoms with Crippen LogP contribution in [-0.4, -0.2) is 23.4 Å². The Balaban J connectivity index is 1.63. The van der Waals surface area contributed by atoms with E-state index in [1.165, 1.54) is 16.3 Å². The largest absolute Gasteiger partial charge is 0.337 e. The molecule has 1 saturated heterocycles. The fourth-order valence-corrected chi connectivity index (χ4v) is 6.92. The number of nitrogens with one attached hydrogen (secondary N) is 1. The lowest BCUT2D eigenvalue weighted by Gasteiger charge is -2.14. The van der Waals surface area contributed by atoms with E-state index in [1.807, 2.05) is 96.9 Å². The van der Waals surface area contributed by atoms with E-state index in [4.69, 9.17) is 4.99 Å². The molecule has 1 aromatic heterocycles. The minimum absolute atomic E-state index is 0.162. The average molecular weight is 538 g/mol. The average Bonchev–Trinajstić information content (AvgIpc) is 3.56. The lowest BCUT2D eigenvalue weighted by molar-refractivity contribution is -0.113. The summed E-state index contributed by atoms with van der Waals surface area (Å²) in [7, 11) is 1.96. The van der Waals surface area contributed by atoms with E-state index in [0.29, 0.717) is 32.0 Å². The summed E-state index contributed by atoms with van der Waals surface area (Å²) in [6.07, 6.45) is 1.67. The molecule has 0 unspecified atom stereocenters. The van der Waals surface area contributed by atoms with Gasteiger partial charge >= 0.3 is 0 Å². The molecule has 9 heteroatoms. The Kier molecular flexibility index (Phi) is 6.22. The number of nitrogens with zero attached hydrogens (tertiary/aromatic N) is 4. The molecular formula is C29H23N5O2S2. The number of carbonyl (C=O) groups is 1. The standard InChI is InChI=1S/C29H23N5O2S2/c1-3-18-33-27(36)24(29-32(2)21-16-10-11-17-22(21)37-29)38-28(33)23-25(30-19-12-6-4-7-13-19)31-34(26(23)35)20-14-8-5-9-15-20/h3-17H,1,18H2,2H3,(H,30,31). The summed E-state index contributed by atoms with van der Waals surface area (Å²) < 4.78 is 2.72. The zero-order chi connectivity index (χ0) is 26.2. The van der Waals surface area contributed by atoms with Crippen molar-refractivity contribution < 1.29 is 4.79 Å². The van der Waals surface area contributed by atoms with E-state index in [2.05, 4.69) is 12.0 Å². The Morgan fingerprint density at radius 1 is 0.947 bits per heavy atom. The van der Waals surface area contributed by atoms with E-state index in [-0.39, 0.29) is 18.0 Å². The van der Waals surface area contributed by atoms with Crippen molar-refractivity contribution in [3.63, 3.8) is 0 Å². The molecule has 0 radical (unpaired) electrons. The van der Waals surface area contributed by atoms with Crippen molar-refractivity contribution in [1.82, 2.24) is 9.99 Å². The van der Waals surface area contributed by atoms with Gasteiger partial charge in [-0.25, -0.2) is 10.0 Å². The van der Waals surface area contributed by atoms with Crippen molar-refractivity contribution in [2.75, 3.05) is 17.0 Å². The van der Waals surface area contributed by atoms with Crippen LogP contribution in [0.15, 0.2) is 112 Å². The number of aromatic nitrogens is 1. The van der Waals surface area contributed by atoms with Gasteiger partial charge in [0.2, 0.25) is 0 Å². The van der Waals surface area contributed by atoms with E-state index >= 15 is 0 Å². The topological polar surface area (TPSA) is 69.9 Å². The number of para-hydroxylation sites is 3. The maximum absolute atomic E-state index is 13.9. The molecule has 4 aromatic rings. The molecule has 1 fully saturated rings. The SMILES string of the molecule is C=CCn1c(=C2C(=O)N(c3ccccc3)NC2=Nc2ccccc2)sc(=C2Sc3ccccc3N2C)c1=O. The number of amidine groups is 1. The van der Waals surface area contributed by atoms with Crippen molar-refractivity contribution in [2.24, 2.45) is 4.99 Å². The molecule has 188 valence electrons. The molecule has 3 heterocycles. The van der Waals surface area contributed by atoms with Gasteiger partial charge in [-0.1, -0.05) is 66.4 Å². The number of aliphatic imine (C=N–C) groups is 1. The van der Waals surface area contributed by atoms with E-state index in [0.717, 1.165) is 15.6 Å². The predicted molar refractivity (Wildman–Crippen MR) is 156 cm³/mol. The van der Waals surface area contributed by atoms with E-state index in [9.17, 15) is 9.59 Å². The molecule has 0 aliphatic carbocycles. The van der Waals surface area contributed by atoms with Crippen LogP contribution in [0.3, 0.4) is 0 Å². The van der Waals surface area contributed by atoms with Gasteiger partial charge < -0.3 is 4.90 Å². The van der Waals surface area contributed by atoms with Crippen LogP contribution in [-0.2, 0) is 11.3 Å². The van der Waals surface area contributed by atoms with Gasteiger partial charge in [-0.2, -0.15) is 0 Å². The van der Waals surface area contributed by atoms with Gasteiger partial charge in [0.25, 0.3) is 11.5 Å². The molecule has 1 amide bonds. The lowest BCUT2D eigenvalue weighted by atomic mass is 10.2. The van der Waals surface area contributed by atoms with Crippen LogP contribution in [0, 0.1) is 0 Å². The number of thiazole rings is 1. The second kappa shape index (κ2) is 9.85. The molecule has 0 bridgehead atoms. The predicted octanol–water partition coefficient (Wildman–Crippen LogP) is 3.84. The molecule has 3 aromatic carbocycles. The van der Waals surface area contributed by atoms with Gasteiger partial charge in [0.1, 0.15) is 19.8 Å². The van der Waals surface area contributed by atoms with Crippen molar-refractivity contribution >= 4 is 62.5 Å². The van der Waals surface area contributed by atoms with Crippen LogP contribution in [0.25, 0.3) is 10.6 Å². The van der Waals surface area contributed by atoms with E-state index < -0.39 is 0 Å². The first-order valence-corrected chi connectivity index (χ1v) is 13.6. The van der Waals surface area contributed by atoms with Gasteiger partial charge in [-0.15, -0.1) is 17.9 Å². The third kappa shape index (κ3) is 4.06. The zero-order valence-corrected chi connectivity index (χ0v) is 22.1. The van der Waals surface area contributed by atoms with Crippen molar-refractivity contribution in [2.45, 2.75) is 11.4 Å². The molecule has 2 aliphatic heterocycles. The van der Waals surface area contributed by atoms with E-state index in [1.54, 1.807) is 22.4 Å². The fraction of sp³-hybridized carbons (Fsp3) is 0.0690. The Bertz CT molecular complexity index is 1770. The monoisotopic (exact) mass is 537 g/mol. The smallest absolute Gasteiger partial charge is 0.283 e. The number of fused-ring (bicyclic) bond motifs is 1. The van der Waals surface area contributed by atoms with Crippen LogP contribution in [0.1, 0.15) is 0 Å². The number of anilines is 2. The zero-order valence-electron chi connectivity index (χ0n) is 20.5. The molecule has 0 atom stereocenters. The summed E-state index contributed by atoms with van der Waals surface area (Å²) in [6, 6.07) is 26.8. The highest BCUT2D eigenvalue weighted by Crippen LogP contribution is 2.44. The fourth-order valence-electron chi connectivity index (χ4n) is 4.42. The maximum Gasteiger partial charge on any atom is 0.283 e. The number of thioether (sulfide) groups is 1. The third-order valence-electron chi connectivity index (χ3n) is 6.22. The lowest BCUT2D eigenvalue weighted by Crippen LogP contribution is -2.36. The quantitative estimate of drug-likeness (QED) is 0.401. The number of hydrogen-bond donors (Lipinski definition) is 1. The van der Waals surface area contributed by atoms with Gasteiger partial charge in [0.15, 0.2) is 5.84 Å².